The molecule has 2 aromatic heterocycles. The van der Waals surface area contributed by atoms with Gasteiger partial charge < -0.3 is 14.8 Å². The summed E-state index contributed by atoms with van der Waals surface area (Å²) in [7, 11) is 3.09. The minimum Gasteiger partial charge on any atom is -0.496 e. The molecular formula is C22H20FN5O2. The number of aryl methyl sites for hydroxylation is 1. The molecule has 0 aliphatic heterocycles. The number of fused-ring (bicyclic) bond motifs is 1. The van der Waals surface area contributed by atoms with E-state index in [9.17, 15) is 4.39 Å². The Kier molecular flexibility index (Phi) is 5.38. The zero-order chi connectivity index (χ0) is 21.1. The van der Waals surface area contributed by atoms with Crippen LogP contribution in [0.1, 0.15) is 11.4 Å². The lowest BCUT2D eigenvalue weighted by Crippen LogP contribution is -2.05. The van der Waals surface area contributed by atoms with Crippen LogP contribution in [0, 0.1) is 12.7 Å². The van der Waals surface area contributed by atoms with Crippen LogP contribution in [0.2, 0.25) is 0 Å². The van der Waals surface area contributed by atoms with Crippen LogP contribution in [-0.4, -0.2) is 34.4 Å². The van der Waals surface area contributed by atoms with E-state index in [0.717, 1.165) is 27.9 Å². The van der Waals surface area contributed by atoms with Crippen molar-refractivity contribution in [2.75, 3.05) is 19.5 Å². The molecule has 0 fully saturated rings. The highest BCUT2D eigenvalue weighted by atomic mass is 19.1. The molecule has 0 aliphatic carbocycles. The van der Waals surface area contributed by atoms with Crippen molar-refractivity contribution in [2.24, 2.45) is 0 Å². The molecule has 0 amide bonds. The number of hydrogen-bond acceptors (Lipinski definition) is 7. The molecule has 7 nitrogen and oxygen atoms in total. The number of ether oxygens (including phenoxy) is 2. The van der Waals surface area contributed by atoms with Crippen LogP contribution in [0.4, 0.5) is 10.2 Å². The summed E-state index contributed by atoms with van der Waals surface area (Å²) in [6, 6.07) is 12.0. The highest BCUT2D eigenvalue weighted by Crippen LogP contribution is 2.37. The lowest BCUT2D eigenvalue weighted by molar-refractivity contribution is 0.412. The fourth-order valence-corrected chi connectivity index (χ4v) is 3.19. The fraction of sp³-hybridized carbons (Fsp3) is 0.182. The second kappa shape index (κ2) is 8.28. The first-order valence-electron chi connectivity index (χ1n) is 9.29. The molecule has 4 rings (SSSR count). The Morgan fingerprint density at radius 1 is 0.933 bits per heavy atom. The van der Waals surface area contributed by atoms with Crippen LogP contribution >= 0.6 is 0 Å². The van der Waals surface area contributed by atoms with Gasteiger partial charge in [0.05, 0.1) is 32.2 Å². The Labute approximate surface area is 172 Å². The van der Waals surface area contributed by atoms with Gasteiger partial charge in [0.2, 0.25) is 0 Å². The molecule has 2 aromatic carbocycles. The molecule has 0 atom stereocenters. The van der Waals surface area contributed by atoms with Gasteiger partial charge in [-0.25, -0.2) is 14.4 Å². The summed E-state index contributed by atoms with van der Waals surface area (Å²) >= 11 is 0. The van der Waals surface area contributed by atoms with Gasteiger partial charge in [0.1, 0.15) is 35.0 Å². The third-order valence-corrected chi connectivity index (χ3v) is 4.69. The van der Waals surface area contributed by atoms with Crippen molar-refractivity contribution in [3.8, 4) is 22.6 Å². The van der Waals surface area contributed by atoms with Gasteiger partial charge in [-0.05, 0) is 48.9 Å². The minimum absolute atomic E-state index is 0.367. The SMILES string of the molecule is COc1cc(F)ccc1-c1cc(OC)c2ncnc(NCc3ccc(C)nn3)c2c1. The first-order valence-corrected chi connectivity index (χ1v) is 9.29. The number of halogens is 1. The third-order valence-electron chi connectivity index (χ3n) is 4.69. The smallest absolute Gasteiger partial charge is 0.145 e. The van der Waals surface area contributed by atoms with Crippen LogP contribution in [0.3, 0.4) is 0 Å². The summed E-state index contributed by atoms with van der Waals surface area (Å²) in [5.74, 6) is 1.27. The molecule has 2 heterocycles. The standard InChI is InChI=1S/C22H20FN5O2/c1-13-4-6-16(28-27-13)11-24-22-18-8-14(9-20(30-3)21(18)25-12-26-22)17-7-5-15(23)10-19(17)29-2/h4-10,12H,11H2,1-3H3,(H,24,25,26). The summed E-state index contributed by atoms with van der Waals surface area (Å²) < 4.78 is 24.6. The van der Waals surface area contributed by atoms with Gasteiger partial charge in [0, 0.05) is 17.0 Å². The normalized spacial score (nSPS) is 10.8. The van der Waals surface area contributed by atoms with Gasteiger partial charge in [-0.2, -0.15) is 10.2 Å². The van der Waals surface area contributed by atoms with Gasteiger partial charge in [-0.15, -0.1) is 0 Å². The molecule has 0 unspecified atom stereocenters. The minimum atomic E-state index is -0.367. The monoisotopic (exact) mass is 405 g/mol. The maximum absolute atomic E-state index is 13.7. The highest BCUT2D eigenvalue weighted by Gasteiger charge is 2.15. The lowest BCUT2D eigenvalue weighted by atomic mass is 10.0. The van der Waals surface area contributed by atoms with Crippen molar-refractivity contribution < 1.29 is 13.9 Å². The van der Waals surface area contributed by atoms with Gasteiger partial charge in [-0.3, -0.25) is 0 Å². The van der Waals surface area contributed by atoms with Crippen LogP contribution in [0.15, 0.2) is 48.8 Å². The molecule has 0 aliphatic rings. The lowest BCUT2D eigenvalue weighted by Gasteiger charge is -2.14. The Morgan fingerprint density at radius 2 is 1.77 bits per heavy atom. The molecule has 152 valence electrons. The summed E-state index contributed by atoms with van der Waals surface area (Å²) in [4.78, 5) is 8.76. The molecule has 1 N–H and O–H groups in total. The molecule has 0 radical (unpaired) electrons. The van der Waals surface area contributed by atoms with E-state index in [1.165, 1.54) is 25.6 Å². The van der Waals surface area contributed by atoms with E-state index in [1.807, 2.05) is 31.2 Å². The Balaban J connectivity index is 1.79. The van der Waals surface area contributed by atoms with E-state index in [-0.39, 0.29) is 5.82 Å². The van der Waals surface area contributed by atoms with Crippen LogP contribution in [-0.2, 0) is 6.54 Å². The van der Waals surface area contributed by atoms with Crippen molar-refractivity contribution in [1.29, 1.82) is 0 Å². The summed E-state index contributed by atoms with van der Waals surface area (Å²) in [6.07, 6.45) is 1.48. The Bertz CT molecular complexity index is 1200. The number of rotatable bonds is 6. The first-order chi connectivity index (χ1) is 14.6. The number of aromatic nitrogens is 4. The van der Waals surface area contributed by atoms with E-state index in [1.54, 1.807) is 13.2 Å². The number of nitrogens with one attached hydrogen (secondary N) is 1. The molecule has 0 saturated heterocycles. The number of methoxy groups -OCH3 is 2. The predicted octanol–water partition coefficient (Wildman–Crippen LogP) is 4.16. The van der Waals surface area contributed by atoms with E-state index in [2.05, 4.69) is 25.5 Å². The van der Waals surface area contributed by atoms with Gasteiger partial charge >= 0.3 is 0 Å². The third kappa shape index (κ3) is 3.84. The van der Waals surface area contributed by atoms with E-state index < -0.39 is 0 Å². The molecule has 0 spiro atoms. The van der Waals surface area contributed by atoms with Crippen LogP contribution in [0.25, 0.3) is 22.0 Å². The summed E-state index contributed by atoms with van der Waals surface area (Å²) in [6.45, 7) is 2.34. The Hall–Kier alpha value is -3.81. The van der Waals surface area contributed by atoms with Crippen LogP contribution in [0.5, 0.6) is 11.5 Å². The maximum Gasteiger partial charge on any atom is 0.145 e. The number of benzene rings is 2. The summed E-state index contributed by atoms with van der Waals surface area (Å²) in [5, 5.41) is 12.3. The number of hydrogen-bond donors (Lipinski definition) is 1. The molecule has 4 aromatic rings. The first kappa shape index (κ1) is 19.5. The molecule has 0 saturated carbocycles. The molecule has 8 heteroatoms. The Morgan fingerprint density at radius 3 is 2.50 bits per heavy atom. The largest absolute Gasteiger partial charge is 0.496 e. The molecule has 30 heavy (non-hydrogen) atoms. The average molecular weight is 405 g/mol. The van der Waals surface area contributed by atoms with Crippen molar-refractivity contribution in [2.45, 2.75) is 13.5 Å². The predicted molar refractivity (Wildman–Crippen MR) is 112 cm³/mol. The molecule has 0 bridgehead atoms. The van der Waals surface area contributed by atoms with Gasteiger partial charge in [0.15, 0.2) is 0 Å². The van der Waals surface area contributed by atoms with Crippen molar-refractivity contribution in [3.63, 3.8) is 0 Å². The van der Waals surface area contributed by atoms with Crippen LogP contribution < -0.4 is 14.8 Å². The average Bonchev–Trinajstić information content (AvgIpc) is 2.77. The van der Waals surface area contributed by atoms with Crippen molar-refractivity contribution in [3.05, 3.63) is 66.0 Å². The zero-order valence-corrected chi connectivity index (χ0v) is 16.8. The fourth-order valence-electron chi connectivity index (χ4n) is 3.19. The van der Waals surface area contributed by atoms with E-state index in [4.69, 9.17) is 9.47 Å². The van der Waals surface area contributed by atoms with E-state index >= 15 is 0 Å². The second-order valence-corrected chi connectivity index (χ2v) is 6.66. The number of anilines is 1. The topological polar surface area (TPSA) is 82.0 Å². The van der Waals surface area contributed by atoms with E-state index in [0.29, 0.717) is 29.4 Å². The number of nitrogens with zero attached hydrogens (tertiary/aromatic N) is 4. The molecular weight excluding hydrogens is 385 g/mol. The van der Waals surface area contributed by atoms with Gasteiger partial charge in [-0.1, -0.05) is 0 Å². The quantitative estimate of drug-likeness (QED) is 0.516. The van der Waals surface area contributed by atoms with Crippen molar-refractivity contribution >= 4 is 16.7 Å². The maximum atomic E-state index is 13.7. The summed E-state index contributed by atoms with van der Waals surface area (Å²) in [5.41, 5.74) is 3.84. The highest BCUT2D eigenvalue weighted by molar-refractivity contribution is 5.97. The second-order valence-electron chi connectivity index (χ2n) is 6.66. The zero-order valence-electron chi connectivity index (χ0n) is 16.8. The van der Waals surface area contributed by atoms with Crippen molar-refractivity contribution in [1.82, 2.24) is 20.2 Å². The van der Waals surface area contributed by atoms with Gasteiger partial charge in [0.25, 0.3) is 0 Å².